The fourth-order valence-corrected chi connectivity index (χ4v) is 1.99. The second-order valence-corrected chi connectivity index (χ2v) is 3.98. The Kier molecular flexibility index (Phi) is 3.33. The highest BCUT2D eigenvalue weighted by Gasteiger charge is 2.21. The summed E-state index contributed by atoms with van der Waals surface area (Å²) >= 11 is 0. The van der Waals surface area contributed by atoms with Crippen LogP contribution in [0.3, 0.4) is 0 Å². The summed E-state index contributed by atoms with van der Waals surface area (Å²) in [5.74, 6) is -0.907. The van der Waals surface area contributed by atoms with Crippen molar-refractivity contribution >= 4 is 5.78 Å². The normalized spacial score (nSPS) is 12.1. The molecule has 1 nitrogen and oxygen atoms in total. The number of carbonyl (C=O) groups is 1. The molecule has 2 aromatic carbocycles. The Morgan fingerprint density at radius 2 is 1.59 bits per heavy atom. The molecule has 0 aromatic heterocycles. The maximum atomic E-state index is 13.7. The average molecular weight is 228 g/mol. The molecule has 0 spiro atoms. The Hall–Kier alpha value is -1.96. The lowest BCUT2D eigenvalue weighted by Gasteiger charge is -2.15. The fourth-order valence-electron chi connectivity index (χ4n) is 1.99. The van der Waals surface area contributed by atoms with Crippen molar-refractivity contribution in [1.29, 1.82) is 0 Å². The van der Waals surface area contributed by atoms with Gasteiger partial charge >= 0.3 is 0 Å². The predicted octanol–water partition coefficient (Wildman–Crippen LogP) is 3.55. The Labute approximate surface area is 99.9 Å². The van der Waals surface area contributed by atoms with Crippen LogP contribution in [-0.4, -0.2) is 5.78 Å². The van der Waals surface area contributed by atoms with Crippen LogP contribution in [0.1, 0.15) is 24.0 Å². The molecule has 0 saturated heterocycles. The Bertz CT molecular complexity index is 519. The van der Waals surface area contributed by atoms with Crippen LogP contribution in [0.25, 0.3) is 0 Å². The van der Waals surface area contributed by atoms with E-state index >= 15 is 0 Å². The molecule has 0 fully saturated rings. The highest BCUT2D eigenvalue weighted by molar-refractivity contribution is 5.86. The molecule has 2 aromatic rings. The number of Topliss-reactive ketones (excluding diaryl/α,β-unsaturated/α-hetero) is 1. The van der Waals surface area contributed by atoms with E-state index in [2.05, 4.69) is 0 Å². The Morgan fingerprint density at radius 3 is 2.18 bits per heavy atom. The highest BCUT2D eigenvalue weighted by atomic mass is 19.1. The molecule has 0 aliphatic rings. The van der Waals surface area contributed by atoms with Crippen LogP contribution in [0.5, 0.6) is 0 Å². The summed E-state index contributed by atoms with van der Waals surface area (Å²) in [5.41, 5.74) is 1.26. The molecule has 1 atom stereocenters. The van der Waals surface area contributed by atoms with Gasteiger partial charge in [0, 0.05) is 5.56 Å². The number of benzene rings is 2. The van der Waals surface area contributed by atoms with Gasteiger partial charge in [-0.1, -0.05) is 48.5 Å². The van der Waals surface area contributed by atoms with E-state index in [9.17, 15) is 9.18 Å². The van der Waals surface area contributed by atoms with Crippen molar-refractivity contribution in [3.8, 4) is 0 Å². The van der Waals surface area contributed by atoms with Gasteiger partial charge in [-0.2, -0.15) is 0 Å². The standard InChI is InChI=1S/C15H13FO/c1-11(17)15(12-7-3-2-4-8-12)13-9-5-6-10-14(13)16/h2-10,15H,1H3. The van der Waals surface area contributed by atoms with Crippen LogP contribution < -0.4 is 0 Å². The zero-order valence-corrected chi connectivity index (χ0v) is 9.56. The maximum absolute atomic E-state index is 13.7. The number of rotatable bonds is 3. The maximum Gasteiger partial charge on any atom is 0.141 e. The predicted molar refractivity (Wildman–Crippen MR) is 65.4 cm³/mol. The largest absolute Gasteiger partial charge is 0.299 e. The average Bonchev–Trinajstić information content (AvgIpc) is 2.33. The zero-order valence-electron chi connectivity index (χ0n) is 9.56. The molecule has 2 rings (SSSR count). The third-order valence-corrected chi connectivity index (χ3v) is 2.76. The van der Waals surface area contributed by atoms with E-state index in [1.54, 1.807) is 18.2 Å². The molecule has 0 aliphatic carbocycles. The van der Waals surface area contributed by atoms with Gasteiger partial charge in [0.25, 0.3) is 0 Å². The molecule has 0 bridgehead atoms. The van der Waals surface area contributed by atoms with Crippen LogP contribution in [0.4, 0.5) is 4.39 Å². The van der Waals surface area contributed by atoms with Gasteiger partial charge in [-0.3, -0.25) is 4.79 Å². The second kappa shape index (κ2) is 4.91. The third kappa shape index (κ3) is 2.41. The second-order valence-electron chi connectivity index (χ2n) is 3.98. The number of halogens is 1. The third-order valence-electron chi connectivity index (χ3n) is 2.76. The number of carbonyl (C=O) groups excluding carboxylic acids is 1. The van der Waals surface area contributed by atoms with E-state index in [1.807, 2.05) is 30.3 Å². The molecule has 1 unspecified atom stereocenters. The van der Waals surface area contributed by atoms with Gasteiger partial charge in [0.15, 0.2) is 0 Å². The van der Waals surface area contributed by atoms with Crippen LogP contribution >= 0.6 is 0 Å². The van der Waals surface area contributed by atoms with Gasteiger partial charge in [0.2, 0.25) is 0 Å². The molecule has 17 heavy (non-hydrogen) atoms. The smallest absolute Gasteiger partial charge is 0.141 e. The molecule has 0 amide bonds. The first kappa shape index (κ1) is 11.5. The van der Waals surface area contributed by atoms with E-state index < -0.39 is 5.92 Å². The first-order valence-electron chi connectivity index (χ1n) is 5.50. The molecular weight excluding hydrogens is 215 g/mol. The molecule has 0 N–H and O–H groups in total. The lowest BCUT2D eigenvalue weighted by Crippen LogP contribution is -2.12. The van der Waals surface area contributed by atoms with E-state index in [0.29, 0.717) is 5.56 Å². The summed E-state index contributed by atoms with van der Waals surface area (Å²) in [4.78, 5) is 11.7. The van der Waals surface area contributed by atoms with E-state index in [0.717, 1.165) is 5.56 Å². The molecule has 0 heterocycles. The van der Waals surface area contributed by atoms with Crippen molar-refractivity contribution < 1.29 is 9.18 Å². The topological polar surface area (TPSA) is 17.1 Å². The lowest BCUT2D eigenvalue weighted by atomic mass is 9.88. The van der Waals surface area contributed by atoms with Gasteiger partial charge in [0.1, 0.15) is 11.6 Å². The molecule has 2 heteroatoms. The van der Waals surface area contributed by atoms with E-state index in [4.69, 9.17) is 0 Å². The highest BCUT2D eigenvalue weighted by Crippen LogP contribution is 2.27. The van der Waals surface area contributed by atoms with Crippen LogP contribution in [0.2, 0.25) is 0 Å². The first-order valence-corrected chi connectivity index (χ1v) is 5.50. The van der Waals surface area contributed by atoms with Gasteiger partial charge in [-0.15, -0.1) is 0 Å². The van der Waals surface area contributed by atoms with Crippen LogP contribution in [-0.2, 0) is 4.79 Å². The minimum atomic E-state index is -0.516. The van der Waals surface area contributed by atoms with Gasteiger partial charge in [0.05, 0.1) is 5.92 Å². The first-order chi connectivity index (χ1) is 8.20. The van der Waals surface area contributed by atoms with E-state index in [1.165, 1.54) is 13.0 Å². The van der Waals surface area contributed by atoms with Crippen LogP contribution in [0, 0.1) is 5.82 Å². The minimum Gasteiger partial charge on any atom is -0.299 e. The number of hydrogen-bond donors (Lipinski definition) is 0. The quantitative estimate of drug-likeness (QED) is 0.785. The molecule has 0 aliphatic heterocycles. The van der Waals surface area contributed by atoms with Crippen molar-refractivity contribution in [3.05, 3.63) is 71.5 Å². The van der Waals surface area contributed by atoms with Crippen LogP contribution in [0.15, 0.2) is 54.6 Å². The SMILES string of the molecule is CC(=O)C(c1ccccc1)c1ccccc1F. The zero-order chi connectivity index (χ0) is 12.3. The summed E-state index contributed by atoms with van der Waals surface area (Å²) in [6, 6.07) is 15.7. The van der Waals surface area contributed by atoms with Gasteiger partial charge in [-0.25, -0.2) is 4.39 Å². The lowest BCUT2D eigenvalue weighted by molar-refractivity contribution is -0.117. The van der Waals surface area contributed by atoms with Crippen molar-refractivity contribution in [2.24, 2.45) is 0 Å². The van der Waals surface area contributed by atoms with Gasteiger partial charge in [-0.05, 0) is 18.6 Å². The number of hydrogen-bond acceptors (Lipinski definition) is 1. The summed E-state index contributed by atoms with van der Waals surface area (Å²) in [5, 5.41) is 0. The van der Waals surface area contributed by atoms with Crippen molar-refractivity contribution in [3.63, 3.8) is 0 Å². The van der Waals surface area contributed by atoms with Crippen molar-refractivity contribution in [1.82, 2.24) is 0 Å². The Balaban J connectivity index is 2.51. The van der Waals surface area contributed by atoms with E-state index in [-0.39, 0.29) is 11.6 Å². The summed E-state index contributed by atoms with van der Waals surface area (Å²) in [7, 11) is 0. The summed E-state index contributed by atoms with van der Waals surface area (Å²) in [6.45, 7) is 1.49. The summed E-state index contributed by atoms with van der Waals surface area (Å²) < 4.78 is 13.7. The number of ketones is 1. The Morgan fingerprint density at radius 1 is 1.00 bits per heavy atom. The minimum absolute atomic E-state index is 0.0544. The molecule has 86 valence electrons. The monoisotopic (exact) mass is 228 g/mol. The molecule has 0 radical (unpaired) electrons. The van der Waals surface area contributed by atoms with Crippen molar-refractivity contribution in [2.75, 3.05) is 0 Å². The van der Waals surface area contributed by atoms with Gasteiger partial charge < -0.3 is 0 Å². The molecule has 0 saturated carbocycles. The fraction of sp³-hybridized carbons (Fsp3) is 0.133. The summed E-state index contributed by atoms with van der Waals surface area (Å²) in [6.07, 6.45) is 0. The van der Waals surface area contributed by atoms with Crippen molar-refractivity contribution in [2.45, 2.75) is 12.8 Å². The molecular formula is C15H13FO.